The Morgan fingerprint density at radius 1 is 1.53 bits per heavy atom. The van der Waals surface area contributed by atoms with Crippen LogP contribution in [0, 0.1) is 11.8 Å². The molecule has 0 unspecified atom stereocenters. The van der Waals surface area contributed by atoms with Crippen LogP contribution in [0.25, 0.3) is 0 Å². The van der Waals surface area contributed by atoms with Crippen LogP contribution in [0.3, 0.4) is 0 Å². The quantitative estimate of drug-likeness (QED) is 0.501. The molecule has 4 nitrogen and oxygen atoms in total. The van der Waals surface area contributed by atoms with Gasteiger partial charge in [0.15, 0.2) is 0 Å². The van der Waals surface area contributed by atoms with Crippen molar-refractivity contribution < 1.29 is 9.53 Å². The molecule has 0 spiro atoms. The van der Waals surface area contributed by atoms with Gasteiger partial charge in [0.05, 0.1) is 7.11 Å². The third kappa shape index (κ3) is 2.53. The van der Waals surface area contributed by atoms with E-state index < -0.39 is 5.97 Å². The molecule has 1 saturated carbocycles. The highest BCUT2D eigenvalue weighted by Crippen LogP contribution is 2.38. The van der Waals surface area contributed by atoms with Gasteiger partial charge in [-0.3, -0.25) is 0 Å². The molecule has 1 aliphatic carbocycles. The summed E-state index contributed by atoms with van der Waals surface area (Å²) in [5.74, 6) is 4.98. The number of methoxy groups -OCH3 is 1. The first-order valence-electron chi connectivity index (χ1n) is 4.71. The van der Waals surface area contributed by atoms with Gasteiger partial charge < -0.3 is 4.74 Å². The van der Waals surface area contributed by atoms with E-state index in [9.17, 15) is 4.79 Å². The summed E-state index contributed by atoms with van der Waals surface area (Å²) in [6.07, 6.45) is 3.84. The summed E-state index contributed by atoms with van der Waals surface area (Å²) in [6, 6.07) is 1.83. The average molecular weight is 202 g/mol. The van der Waals surface area contributed by atoms with Gasteiger partial charge in [0.25, 0.3) is 0 Å². The lowest BCUT2D eigenvalue weighted by molar-refractivity contribution is -0.133. The molecule has 0 N–H and O–H groups in total. The highest BCUT2D eigenvalue weighted by molar-refractivity contribution is 5.88. The number of rotatable bonds is 1. The minimum absolute atomic E-state index is 0.554. The SMILES string of the molecule is COC(=O)C#Cc1cc(C2CC2)ncn1. The number of carbonyl (C=O) groups is 1. The van der Waals surface area contributed by atoms with Gasteiger partial charge in [-0.25, -0.2) is 14.8 Å². The van der Waals surface area contributed by atoms with Crippen LogP contribution in [0.2, 0.25) is 0 Å². The molecule has 1 aliphatic rings. The third-order valence-electron chi connectivity index (χ3n) is 2.16. The molecule has 1 heterocycles. The van der Waals surface area contributed by atoms with Gasteiger partial charge in [0.2, 0.25) is 0 Å². The van der Waals surface area contributed by atoms with E-state index >= 15 is 0 Å². The molecule has 1 aromatic rings. The summed E-state index contributed by atoms with van der Waals surface area (Å²) in [6.45, 7) is 0. The summed E-state index contributed by atoms with van der Waals surface area (Å²) in [4.78, 5) is 18.9. The van der Waals surface area contributed by atoms with E-state index in [2.05, 4.69) is 26.5 Å². The number of hydrogen-bond donors (Lipinski definition) is 0. The predicted octanol–water partition coefficient (Wildman–Crippen LogP) is 0.878. The molecule has 0 aliphatic heterocycles. The maximum absolute atomic E-state index is 10.8. The molecule has 2 rings (SSSR count). The first kappa shape index (κ1) is 9.66. The zero-order valence-electron chi connectivity index (χ0n) is 8.36. The minimum Gasteiger partial charge on any atom is -0.459 e. The van der Waals surface area contributed by atoms with Crippen molar-refractivity contribution in [1.29, 1.82) is 0 Å². The predicted molar refractivity (Wildman–Crippen MR) is 52.9 cm³/mol. The van der Waals surface area contributed by atoms with E-state index in [4.69, 9.17) is 0 Å². The van der Waals surface area contributed by atoms with Gasteiger partial charge >= 0.3 is 5.97 Å². The molecular weight excluding hydrogens is 192 g/mol. The largest absolute Gasteiger partial charge is 0.459 e. The molecule has 1 aromatic heterocycles. The van der Waals surface area contributed by atoms with Gasteiger partial charge in [-0.05, 0) is 24.8 Å². The van der Waals surface area contributed by atoms with Crippen molar-refractivity contribution in [3.63, 3.8) is 0 Å². The van der Waals surface area contributed by atoms with Crippen molar-refractivity contribution in [2.24, 2.45) is 0 Å². The van der Waals surface area contributed by atoms with Crippen molar-refractivity contribution >= 4 is 5.97 Å². The van der Waals surface area contributed by atoms with Gasteiger partial charge in [0.1, 0.15) is 12.0 Å². The molecule has 0 amide bonds. The Kier molecular flexibility index (Phi) is 2.64. The van der Waals surface area contributed by atoms with Gasteiger partial charge in [-0.1, -0.05) is 0 Å². The fraction of sp³-hybridized carbons (Fsp3) is 0.364. The van der Waals surface area contributed by atoms with E-state index in [1.165, 1.54) is 26.3 Å². The minimum atomic E-state index is -0.554. The van der Waals surface area contributed by atoms with Crippen molar-refractivity contribution in [1.82, 2.24) is 9.97 Å². The molecule has 0 saturated heterocycles. The molecule has 0 bridgehead atoms. The van der Waals surface area contributed by atoms with Crippen molar-refractivity contribution in [2.75, 3.05) is 7.11 Å². The summed E-state index contributed by atoms with van der Waals surface area (Å²) >= 11 is 0. The number of carbonyl (C=O) groups excluding carboxylic acids is 1. The van der Waals surface area contributed by atoms with E-state index in [0.717, 1.165) is 5.69 Å². The van der Waals surface area contributed by atoms with E-state index in [1.807, 2.05) is 6.07 Å². The number of aromatic nitrogens is 2. The maximum Gasteiger partial charge on any atom is 0.384 e. The Hall–Kier alpha value is -1.89. The Balaban J connectivity index is 2.16. The van der Waals surface area contributed by atoms with Crippen molar-refractivity contribution in [2.45, 2.75) is 18.8 Å². The van der Waals surface area contributed by atoms with Crippen LogP contribution < -0.4 is 0 Å². The van der Waals surface area contributed by atoms with E-state index in [1.54, 1.807) is 0 Å². The Labute approximate surface area is 87.7 Å². The second-order valence-electron chi connectivity index (χ2n) is 3.34. The number of nitrogens with zero attached hydrogens (tertiary/aromatic N) is 2. The number of esters is 1. The zero-order chi connectivity index (χ0) is 10.7. The fourth-order valence-electron chi connectivity index (χ4n) is 1.21. The first-order valence-corrected chi connectivity index (χ1v) is 4.71. The molecule has 15 heavy (non-hydrogen) atoms. The normalized spacial score (nSPS) is 13.9. The van der Waals surface area contributed by atoms with Crippen LogP contribution in [-0.4, -0.2) is 23.0 Å². The van der Waals surface area contributed by atoms with Crippen molar-refractivity contribution in [3.05, 3.63) is 23.8 Å². The van der Waals surface area contributed by atoms with Crippen LogP contribution in [0.5, 0.6) is 0 Å². The van der Waals surface area contributed by atoms with Crippen LogP contribution in [0.4, 0.5) is 0 Å². The number of ether oxygens (including phenoxy) is 1. The van der Waals surface area contributed by atoms with Crippen molar-refractivity contribution in [3.8, 4) is 11.8 Å². The molecule has 1 fully saturated rings. The molecule has 76 valence electrons. The van der Waals surface area contributed by atoms with Gasteiger partial charge in [-0.2, -0.15) is 0 Å². The van der Waals surface area contributed by atoms with E-state index in [0.29, 0.717) is 11.6 Å². The van der Waals surface area contributed by atoms with Gasteiger partial charge in [0, 0.05) is 17.5 Å². The fourth-order valence-corrected chi connectivity index (χ4v) is 1.21. The van der Waals surface area contributed by atoms with E-state index in [-0.39, 0.29) is 0 Å². The molecule has 0 aromatic carbocycles. The lowest BCUT2D eigenvalue weighted by Crippen LogP contribution is -1.96. The Bertz CT molecular complexity index is 441. The summed E-state index contributed by atoms with van der Waals surface area (Å²) < 4.78 is 4.41. The summed E-state index contributed by atoms with van der Waals surface area (Å²) in [5.41, 5.74) is 1.58. The van der Waals surface area contributed by atoms with Gasteiger partial charge in [-0.15, -0.1) is 0 Å². The lowest BCUT2D eigenvalue weighted by Gasteiger charge is -1.95. The second kappa shape index (κ2) is 4.09. The van der Waals surface area contributed by atoms with Crippen LogP contribution in [0.1, 0.15) is 30.1 Å². The Morgan fingerprint density at radius 3 is 3.00 bits per heavy atom. The monoisotopic (exact) mass is 202 g/mol. The maximum atomic E-state index is 10.8. The standard InChI is InChI=1S/C11H10N2O2/c1-15-11(14)5-4-9-6-10(8-2-3-8)13-7-12-9/h6-8H,2-3H2,1H3. The highest BCUT2D eigenvalue weighted by atomic mass is 16.5. The molecule has 4 heteroatoms. The zero-order valence-corrected chi connectivity index (χ0v) is 8.36. The highest BCUT2D eigenvalue weighted by Gasteiger charge is 2.24. The average Bonchev–Trinajstić information content (AvgIpc) is 3.10. The Morgan fingerprint density at radius 2 is 2.33 bits per heavy atom. The molecular formula is C11H10N2O2. The van der Waals surface area contributed by atoms with Crippen LogP contribution >= 0.6 is 0 Å². The van der Waals surface area contributed by atoms with Crippen LogP contribution in [0.15, 0.2) is 12.4 Å². The molecule has 0 radical (unpaired) electrons. The summed E-state index contributed by atoms with van der Waals surface area (Å²) in [5, 5.41) is 0. The van der Waals surface area contributed by atoms with Crippen LogP contribution in [-0.2, 0) is 9.53 Å². The smallest absolute Gasteiger partial charge is 0.384 e. The topological polar surface area (TPSA) is 52.1 Å². The molecule has 0 atom stereocenters. The first-order chi connectivity index (χ1) is 7.29. The number of hydrogen-bond acceptors (Lipinski definition) is 4. The summed E-state index contributed by atoms with van der Waals surface area (Å²) in [7, 11) is 1.30. The lowest BCUT2D eigenvalue weighted by atomic mass is 10.2. The third-order valence-corrected chi connectivity index (χ3v) is 2.16. The second-order valence-corrected chi connectivity index (χ2v) is 3.34.